The fourth-order valence-corrected chi connectivity index (χ4v) is 2.52. The van der Waals surface area contributed by atoms with Gasteiger partial charge < -0.3 is 10.4 Å². The van der Waals surface area contributed by atoms with Crippen molar-refractivity contribution >= 4 is 17.6 Å². The van der Waals surface area contributed by atoms with Crippen LogP contribution in [0, 0.1) is 5.41 Å². The third-order valence-corrected chi connectivity index (χ3v) is 4.31. The fourth-order valence-electron chi connectivity index (χ4n) is 2.52. The summed E-state index contributed by atoms with van der Waals surface area (Å²) in [6, 6.07) is 5.21. The van der Waals surface area contributed by atoms with Crippen LogP contribution in [0.5, 0.6) is 0 Å². The molecule has 2 aromatic heterocycles. The van der Waals surface area contributed by atoms with Gasteiger partial charge in [0.1, 0.15) is 0 Å². The van der Waals surface area contributed by atoms with Crippen molar-refractivity contribution < 1.29 is 9.90 Å². The Morgan fingerprint density at radius 3 is 2.77 bits per heavy atom. The summed E-state index contributed by atoms with van der Waals surface area (Å²) in [7, 11) is 0. The molecule has 3 N–H and O–H groups in total. The average Bonchev–Trinajstić information content (AvgIpc) is 2.95. The SMILES string of the molecule is CCC(CC)(CCO)CNC(=O)Nc1nnc2ccccn12. The van der Waals surface area contributed by atoms with Crippen LogP contribution in [0.3, 0.4) is 0 Å². The molecule has 0 fully saturated rings. The van der Waals surface area contributed by atoms with Gasteiger partial charge in [0.15, 0.2) is 5.65 Å². The predicted octanol–water partition coefficient (Wildman–Crippen LogP) is 2.04. The molecule has 0 atom stereocenters. The fraction of sp³-hybridized carbons (Fsp3) is 0.533. The molecule has 2 rings (SSSR count). The Kier molecular flexibility index (Phi) is 5.32. The second-order valence-electron chi connectivity index (χ2n) is 5.44. The van der Waals surface area contributed by atoms with E-state index in [0.29, 0.717) is 24.6 Å². The van der Waals surface area contributed by atoms with E-state index in [4.69, 9.17) is 0 Å². The smallest absolute Gasteiger partial charge is 0.321 e. The third kappa shape index (κ3) is 3.54. The number of anilines is 1. The molecule has 0 radical (unpaired) electrons. The quantitative estimate of drug-likeness (QED) is 0.730. The average molecular weight is 305 g/mol. The monoisotopic (exact) mass is 305 g/mol. The molecule has 0 aromatic carbocycles. The Hall–Kier alpha value is -2.15. The first-order chi connectivity index (χ1) is 10.6. The molecule has 0 bridgehead atoms. The lowest BCUT2D eigenvalue weighted by molar-refractivity contribution is 0.165. The molecular weight excluding hydrogens is 282 g/mol. The molecule has 0 aliphatic carbocycles. The van der Waals surface area contributed by atoms with E-state index in [0.717, 1.165) is 12.8 Å². The molecule has 2 heterocycles. The minimum absolute atomic E-state index is 0.0704. The number of hydrogen-bond donors (Lipinski definition) is 3. The molecule has 7 heteroatoms. The summed E-state index contributed by atoms with van der Waals surface area (Å²) in [5.41, 5.74) is 0.605. The molecule has 120 valence electrons. The largest absolute Gasteiger partial charge is 0.396 e. The van der Waals surface area contributed by atoms with Crippen LogP contribution in [-0.2, 0) is 0 Å². The number of urea groups is 1. The molecule has 2 amide bonds. The van der Waals surface area contributed by atoms with Crippen molar-refractivity contribution in [2.75, 3.05) is 18.5 Å². The van der Waals surface area contributed by atoms with Gasteiger partial charge in [-0.1, -0.05) is 19.9 Å². The van der Waals surface area contributed by atoms with E-state index in [1.54, 1.807) is 10.6 Å². The first-order valence-electron chi connectivity index (χ1n) is 7.59. The molecular formula is C15H23N5O2. The van der Waals surface area contributed by atoms with Gasteiger partial charge in [0.05, 0.1) is 0 Å². The van der Waals surface area contributed by atoms with E-state index in [9.17, 15) is 9.90 Å². The predicted molar refractivity (Wildman–Crippen MR) is 84.7 cm³/mol. The molecule has 0 aliphatic rings. The summed E-state index contributed by atoms with van der Waals surface area (Å²) >= 11 is 0. The van der Waals surface area contributed by atoms with Gasteiger partial charge in [0.2, 0.25) is 5.95 Å². The highest BCUT2D eigenvalue weighted by atomic mass is 16.3. The number of amides is 2. The highest BCUT2D eigenvalue weighted by molar-refractivity contribution is 5.87. The van der Waals surface area contributed by atoms with Gasteiger partial charge in [-0.2, -0.15) is 0 Å². The van der Waals surface area contributed by atoms with Crippen LogP contribution >= 0.6 is 0 Å². The Balaban J connectivity index is 1.98. The molecule has 0 saturated heterocycles. The maximum atomic E-state index is 12.1. The van der Waals surface area contributed by atoms with Crippen LogP contribution in [0.4, 0.5) is 10.7 Å². The molecule has 22 heavy (non-hydrogen) atoms. The lowest BCUT2D eigenvalue weighted by Crippen LogP contribution is -2.40. The van der Waals surface area contributed by atoms with Gasteiger partial charge in [-0.25, -0.2) is 4.79 Å². The zero-order chi connectivity index (χ0) is 16.0. The molecule has 7 nitrogen and oxygen atoms in total. The molecule has 2 aromatic rings. The number of rotatable bonds is 7. The minimum Gasteiger partial charge on any atom is -0.396 e. The Bertz CT molecular complexity index is 621. The van der Waals surface area contributed by atoms with E-state index < -0.39 is 0 Å². The molecule has 0 unspecified atom stereocenters. The number of fused-ring (bicyclic) bond motifs is 1. The van der Waals surface area contributed by atoms with Crippen LogP contribution in [0.25, 0.3) is 5.65 Å². The van der Waals surface area contributed by atoms with Gasteiger partial charge in [-0.15, -0.1) is 10.2 Å². The summed E-state index contributed by atoms with van der Waals surface area (Å²) in [6.07, 6.45) is 4.27. The van der Waals surface area contributed by atoms with Gasteiger partial charge in [-0.05, 0) is 36.8 Å². The molecule has 0 spiro atoms. The number of carbonyl (C=O) groups is 1. The van der Waals surface area contributed by atoms with E-state index in [1.807, 2.05) is 18.2 Å². The molecule has 0 saturated carbocycles. The van der Waals surface area contributed by atoms with Crippen LogP contribution in [0.15, 0.2) is 24.4 Å². The first-order valence-corrected chi connectivity index (χ1v) is 7.59. The van der Waals surface area contributed by atoms with Crippen LogP contribution in [0.1, 0.15) is 33.1 Å². The number of carbonyl (C=O) groups excluding carboxylic acids is 1. The van der Waals surface area contributed by atoms with Crippen molar-refractivity contribution in [2.24, 2.45) is 5.41 Å². The van der Waals surface area contributed by atoms with Crippen molar-refractivity contribution in [2.45, 2.75) is 33.1 Å². The number of nitrogens with one attached hydrogen (secondary N) is 2. The van der Waals surface area contributed by atoms with Crippen LogP contribution < -0.4 is 10.6 Å². The Morgan fingerprint density at radius 2 is 2.09 bits per heavy atom. The van der Waals surface area contributed by atoms with E-state index in [1.165, 1.54) is 0 Å². The highest BCUT2D eigenvalue weighted by Crippen LogP contribution is 2.29. The summed E-state index contributed by atoms with van der Waals surface area (Å²) < 4.78 is 1.71. The van der Waals surface area contributed by atoms with E-state index >= 15 is 0 Å². The van der Waals surface area contributed by atoms with Crippen LogP contribution in [0.2, 0.25) is 0 Å². The standard InChI is InChI=1S/C15H23N5O2/c1-3-15(4-2,8-10-21)11-16-14(22)17-13-19-18-12-7-5-6-9-20(12)13/h5-7,9,21H,3-4,8,10-11H2,1-2H3,(H2,16,17,19,22). The second kappa shape index (κ2) is 7.22. The number of aliphatic hydroxyl groups excluding tert-OH is 1. The maximum Gasteiger partial charge on any atom is 0.321 e. The van der Waals surface area contributed by atoms with E-state index in [-0.39, 0.29) is 18.1 Å². The van der Waals surface area contributed by atoms with Gasteiger partial charge in [-0.3, -0.25) is 9.72 Å². The van der Waals surface area contributed by atoms with Gasteiger partial charge >= 0.3 is 6.03 Å². The summed E-state index contributed by atoms with van der Waals surface area (Å²) in [5.74, 6) is 0.383. The Labute approximate surface area is 129 Å². The summed E-state index contributed by atoms with van der Waals surface area (Å²) in [6.45, 7) is 4.79. The normalized spacial score (nSPS) is 11.6. The highest BCUT2D eigenvalue weighted by Gasteiger charge is 2.26. The lowest BCUT2D eigenvalue weighted by atomic mass is 9.79. The second-order valence-corrected chi connectivity index (χ2v) is 5.44. The zero-order valence-corrected chi connectivity index (χ0v) is 13.0. The number of aromatic nitrogens is 3. The Morgan fingerprint density at radius 1 is 1.32 bits per heavy atom. The summed E-state index contributed by atoms with van der Waals surface area (Å²) in [5, 5.41) is 22.7. The van der Waals surface area contributed by atoms with Crippen molar-refractivity contribution in [1.29, 1.82) is 0 Å². The van der Waals surface area contributed by atoms with Gasteiger partial charge in [0, 0.05) is 19.3 Å². The van der Waals surface area contributed by atoms with E-state index in [2.05, 4.69) is 34.7 Å². The van der Waals surface area contributed by atoms with Crippen molar-refractivity contribution in [3.8, 4) is 0 Å². The van der Waals surface area contributed by atoms with Crippen LogP contribution in [-0.4, -0.2) is 38.9 Å². The topological polar surface area (TPSA) is 91.5 Å². The maximum absolute atomic E-state index is 12.1. The summed E-state index contributed by atoms with van der Waals surface area (Å²) in [4.78, 5) is 12.1. The van der Waals surface area contributed by atoms with Crippen molar-refractivity contribution in [3.63, 3.8) is 0 Å². The number of aliphatic hydroxyl groups is 1. The lowest BCUT2D eigenvalue weighted by Gasteiger charge is -2.31. The minimum atomic E-state index is -0.317. The first kappa shape index (κ1) is 16.2. The van der Waals surface area contributed by atoms with Crippen molar-refractivity contribution in [1.82, 2.24) is 19.9 Å². The molecule has 0 aliphatic heterocycles. The third-order valence-electron chi connectivity index (χ3n) is 4.31. The number of hydrogen-bond acceptors (Lipinski definition) is 4. The van der Waals surface area contributed by atoms with Crippen molar-refractivity contribution in [3.05, 3.63) is 24.4 Å². The van der Waals surface area contributed by atoms with Gasteiger partial charge in [0.25, 0.3) is 0 Å². The zero-order valence-electron chi connectivity index (χ0n) is 13.0. The number of pyridine rings is 1. The number of nitrogens with zero attached hydrogens (tertiary/aromatic N) is 3.